The van der Waals surface area contributed by atoms with Crippen LogP contribution in [0.1, 0.15) is 40.0 Å². The first-order valence-electron chi connectivity index (χ1n) is 4.73. The molecule has 14 heavy (non-hydrogen) atoms. The molecule has 0 aromatic rings. The Labute approximate surface area is 91.8 Å². The van der Waals surface area contributed by atoms with Crippen LogP contribution in [0.3, 0.4) is 0 Å². The molecule has 0 rings (SSSR count). The molecule has 0 N–H and O–H groups in total. The first kappa shape index (κ1) is 14.1. The number of carbonyl (C=O) groups is 3. The van der Waals surface area contributed by atoms with Gasteiger partial charge in [-0.25, -0.2) is 0 Å². The molecule has 0 saturated heterocycles. The van der Waals surface area contributed by atoms with Crippen molar-refractivity contribution in [2.75, 3.05) is 0 Å². The van der Waals surface area contributed by atoms with Crippen LogP contribution in [-0.4, -0.2) is 28.6 Å². The topological polar surface area (TPSA) is 51.2 Å². The van der Waals surface area contributed by atoms with E-state index in [4.69, 9.17) is 8.92 Å². The summed E-state index contributed by atoms with van der Waals surface area (Å²) in [6.45, 7) is 4.92. The zero-order chi connectivity index (χ0) is 11.4. The van der Waals surface area contributed by atoms with E-state index in [0.717, 1.165) is 0 Å². The molecule has 0 radical (unpaired) electrons. The van der Waals surface area contributed by atoms with Gasteiger partial charge < -0.3 is 0 Å². The predicted molar refractivity (Wildman–Crippen MR) is 57.5 cm³/mol. The number of hydrogen-bond donors (Lipinski definition) is 0. The summed E-state index contributed by atoms with van der Waals surface area (Å²) in [6, 6.07) is 0. The monoisotopic (exact) mass is 326 g/mol. The Morgan fingerprint density at radius 3 is 1.21 bits per heavy atom. The van der Waals surface area contributed by atoms with Crippen LogP contribution in [-0.2, 0) is 14.4 Å². The van der Waals surface area contributed by atoms with Crippen molar-refractivity contribution in [2.24, 2.45) is 0 Å². The second-order valence-corrected chi connectivity index (χ2v) is 15.3. The van der Waals surface area contributed by atoms with Crippen LogP contribution >= 0.6 is 8.92 Å². The Bertz CT molecular complexity index is 222. The predicted octanol–water partition coefficient (Wildman–Crippen LogP) is 1.73. The van der Waals surface area contributed by atoms with E-state index < -0.39 is 17.3 Å². The third kappa shape index (κ3) is 2.57. The number of rotatable bonds is 6. The molecule has 0 saturated carbocycles. The van der Waals surface area contributed by atoms with Gasteiger partial charge in [0.2, 0.25) is 0 Å². The van der Waals surface area contributed by atoms with Crippen molar-refractivity contribution in [3.63, 3.8) is 0 Å². The number of hydrogen-bond acceptors (Lipinski definition) is 3. The molecule has 0 unspecified atom stereocenters. The van der Waals surface area contributed by atoms with Crippen LogP contribution in [0.4, 0.5) is 0 Å². The van der Waals surface area contributed by atoms with Crippen LogP contribution in [0.2, 0.25) is 0 Å². The van der Waals surface area contributed by atoms with E-state index in [1.165, 1.54) is 0 Å². The van der Waals surface area contributed by atoms with Crippen molar-refractivity contribution in [2.45, 2.75) is 40.0 Å². The number of halogens is 1. The minimum atomic E-state index is -4.32. The average molecular weight is 325 g/mol. The fraction of sp³-hybridized carbons (Fsp3) is 0.667. The summed E-state index contributed by atoms with van der Waals surface area (Å²) in [4.78, 5) is 34.7. The van der Waals surface area contributed by atoms with Gasteiger partial charge in [0, 0.05) is 0 Å². The van der Waals surface area contributed by atoms with E-state index in [1.54, 1.807) is 20.8 Å². The number of carbonyl (C=O) groups excluding carboxylic acids is 3. The third-order valence-corrected chi connectivity index (χ3v) is 16.0. The molecule has 0 fully saturated rings. The van der Waals surface area contributed by atoms with Gasteiger partial charge in [-0.15, -0.1) is 0 Å². The molecule has 80 valence electrons. The Balaban J connectivity index is 5.14. The summed E-state index contributed by atoms with van der Waals surface area (Å²) >= 11 is -4.32. The van der Waals surface area contributed by atoms with E-state index >= 15 is 0 Å². The van der Waals surface area contributed by atoms with Crippen molar-refractivity contribution in [3.8, 4) is 0 Å². The van der Waals surface area contributed by atoms with Gasteiger partial charge in [-0.3, -0.25) is 0 Å². The zero-order valence-electron chi connectivity index (χ0n) is 8.72. The molecule has 0 aromatic carbocycles. The van der Waals surface area contributed by atoms with Crippen molar-refractivity contribution in [3.05, 3.63) is 0 Å². The van der Waals surface area contributed by atoms with Crippen LogP contribution in [0.5, 0.6) is 0 Å². The van der Waals surface area contributed by atoms with Crippen LogP contribution in [0.15, 0.2) is 0 Å². The summed E-state index contributed by atoms with van der Waals surface area (Å²) in [6.07, 6.45) is 0.575. The van der Waals surface area contributed by atoms with E-state index in [-0.39, 0.29) is 30.7 Å². The normalized spacial score (nSPS) is 11.1. The first-order chi connectivity index (χ1) is 6.44. The molecule has 0 aliphatic rings. The van der Waals surface area contributed by atoms with Gasteiger partial charge in [-0.1, -0.05) is 0 Å². The van der Waals surface area contributed by atoms with Crippen LogP contribution in [0.25, 0.3) is 0 Å². The SMILES string of the molecule is CC[C](=O)[Sn]([Cl])([C](=O)CC)[C](=O)CC. The van der Waals surface area contributed by atoms with Gasteiger partial charge >= 0.3 is 92.0 Å². The summed E-state index contributed by atoms with van der Waals surface area (Å²) in [5.41, 5.74) is 0. The second kappa shape index (κ2) is 5.85. The maximum atomic E-state index is 11.6. The molecular formula is C9H15ClO3Sn. The first-order valence-corrected chi connectivity index (χ1v) is 12.6. The Hall–Kier alpha value is 0.0987. The summed E-state index contributed by atoms with van der Waals surface area (Å²) in [5, 5.41) is 0. The molecule has 0 bridgehead atoms. The van der Waals surface area contributed by atoms with Gasteiger partial charge in [-0.2, -0.15) is 0 Å². The molecule has 0 aliphatic heterocycles. The quantitative estimate of drug-likeness (QED) is 0.699. The molecule has 3 nitrogen and oxygen atoms in total. The molecule has 0 amide bonds. The maximum absolute atomic E-state index is 11.6. The van der Waals surface area contributed by atoms with Crippen LogP contribution < -0.4 is 0 Å². The summed E-state index contributed by atoms with van der Waals surface area (Å²) in [5.74, 6) is 0. The molecule has 0 aromatic heterocycles. The molecule has 5 heteroatoms. The average Bonchev–Trinajstić information content (AvgIpc) is 2.24. The van der Waals surface area contributed by atoms with Crippen molar-refractivity contribution >= 4 is 37.6 Å². The van der Waals surface area contributed by atoms with Gasteiger partial charge in [0.25, 0.3) is 0 Å². The molecule has 0 heterocycles. The third-order valence-electron chi connectivity index (χ3n) is 2.12. The summed E-state index contributed by atoms with van der Waals surface area (Å²) < 4.78 is -0.876. The van der Waals surface area contributed by atoms with Gasteiger partial charge in [-0.05, 0) is 0 Å². The second-order valence-electron chi connectivity index (χ2n) is 2.99. The van der Waals surface area contributed by atoms with E-state index in [1.807, 2.05) is 0 Å². The Morgan fingerprint density at radius 2 is 1.07 bits per heavy atom. The standard InChI is InChI=1S/3C3H5O.ClH.Sn/c3*1-2-3-4;;/h3*2H2,1H3;1H;/q;;;;+1/p-1. The fourth-order valence-electron chi connectivity index (χ4n) is 1.20. The van der Waals surface area contributed by atoms with Crippen molar-refractivity contribution in [1.29, 1.82) is 0 Å². The van der Waals surface area contributed by atoms with Gasteiger partial charge in [0.1, 0.15) is 0 Å². The van der Waals surface area contributed by atoms with Gasteiger partial charge in [0.05, 0.1) is 0 Å². The van der Waals surface area contributed by atoms with E-state index in [9.17, 15) is 14.4 Å². The molecular weight excluding hydrogens is 310 g/mol. The summed E-state index contributed by atoms with van der Waals surface area (Å²) in [7, 11) is 6.05. The van der Waals surface area contributed by atoms with Crippen molar-refractivity contribution < 1.29 is 14.4 Å². The van der Waals surface area contributed by atoms with Gasteiger partial charge in [0.15, 0.2) is 0 Å². The van der Waals surface area contributed by atoms with Crippen LogP contribution in [0, 0.1) is 0 Å². The molecule has 0 atom stereocenters. The fourth-order valence-corrected chi connectivity index (χ4v) is 10.7. The van der Waals surface area contributed by atoms with Crippen molar-refractivity contribution in [1.82, 2.24) is 0 Å². The molecule has 0 aliphatic carbocycles. The minimum absolute atomic E-state index is 0.192. The molecule has 0 spiro atoms. The van der Waals surface area contributed by atoms with E-state index in [2.05, 4.69) is 0 Å². The van der Waals surface area contributed by atoms with E-state index in [0.29, 0.717) is 0 Å². The zero-order valence-corrected chi connectivity index (χ0v) is 12.3. The Kier molecular flexibility index (Phi) is 5.89. The Morgan fingerprint density at radius 1 is 0.857 bits per heavy atom.